The van der Waals surface area contributed by atoms with Gasteiger partial charge in [0.1, 0.15) is 0 Å². The molecule has 0 bridgehead atoms. The molecule has 7 heteroatoms. The average Bonchev–Trinajstić information content (AvgIpc) is 2.84. The van der Waals surface area contributed by atoms with Gasteiger partial charge in [0, 0.05) is 17.9 Å². The number of carboxylic acids is 1. The number of aryl methyl sites for hydroxylation is 2. The van der Waals surface area contributed by atoms with Gasteiger partial charge in [0.05, 0.1) is 24.5 Å². The van der Waals surface area contributed by atoms with E-state index >= 15 is 0 Å². The zero-order chi connectivity index (χ0) is 16.9. The van der Waals surface area contributed by atoms with Crippen molar-refractivity contribution in [2.24, 2.45) is 11.8 Å². The Kier molecular flexibility index (Phi) is 3.98. The Labute approximate surface area is 135 Å². The largest absolute Gasteiger partial charge is 0.481 e. The Morgan fingerprint density at radius 2 is 1.87 bits per heavy atom. The van der Waals surface area contributed by atoms with E-state index in [0.717, 1.165) is 5.56 Å². The Bertz CT molecular complexity index is 761. The number of aliphatic carboxylic acids is 1. The Morgan fingerprint density at radius 3 is 2.43 bits per heavy atom. The SMILES string of the molecule is Cc1cc(C)c(S(=O)(=O)NC2[C@H]3COC[C@@H]23)c(C)c1CC(=O)O. The van der Waals surface area contributed by atoms with Crippen molar-refractivity contribution < 1.29 is 23.1 Å². The molecule has 1 saturated carbocycles. The quantitative estimate of drug-likeness (QED) is 0.840. The third-order valence-corrected chi connectivity index (χ3v) is 6.65. The molecule has 23 heavy (non-hydrogen) atoms. The van der Waals surface area contributed by atoms with Crippen LogP contribution >= 0.6 is 0 Å². The molecule has 1 aromatic rings. The molecule has 3 atom stereocenters. The number of hydrogen-bond acceptors (Lipinski definition) is 4. The van der Waals surface area contributed by atoms with E-state index in [0.29, 0.717) is 29.9 Å². The molecular formula is C16H21NO5S. The standard InChI is InChI=1S/C16H21NO5S/c1-8-4-9(2)16(10(3)11(8)5-14(18)19)23(20,21)17-15-12-6-22-7-13(12)15/h4,12-13,15,17H,5-7H2,1-3H3,(H,18,19)/t12-,13+,15?. The number of benzene rings is 1. The van der Waals surface area contributed by atoms with Crippen molar-refractivity contribution in [1.29, 1.82) is 0 Å². The van der Waals surface area contributed by atoms with Crippen LogP contribution in [0.5, 0.6) is 0 Å². The molecule has 2 aliphatic rings. The summed E-state index contributed by atoms with van der Waals surface area (Å²) in [6, 6.07) is 1.69. The Balaban J connectivity index is 1.96. The molecule has 1 aliphatic heterocycles. The number of nitrogens with one attached hydrogen (secondary N) is 1. The van der Waals surface area contributed by atoms with Gasteiger partial charge in [0.25, 0.3) is 0 Å². The Morgan fingerprint density at radius 1 is 1.26 bits per heavy atom. The molecule has 6 nitrogen and oxygen atoms in total. The first-order chi connectivity index (χ1) is 10.7. The van der Waals surface area contributed by atoms with Crippen molar-refractivity contribution >= 4 is 16.0 Å². The molecule has 1 aromatic carbocycles. The molecule has 1 heterocycles. The molecule has 1 unspecified atom stereocenters. The fourth-order valence-corrected chi connectivity index (χ4v) is 5.53. The van der Waals surface area contributed by atoms with Crippen LogP contribution in [0, 0.1) is 32.6 Å². The van der Waals surface area contributed by atoms with E-state index in [1.807, 2.05) is 6.92 Å². The molecule has 1 aliphatic carbocycles. The topological polar surface area (TPSA) is 92.7 Å². The van der Waals surface area contributed by atoms with E-state index in [4.69, 9.17) is 9.84 Å². The lowest BCUT2D eigenvalue weighted by Gasteiger charge is -2.17. The van der Waals surface area contributed by atoms with Gasteiger partial charge in [-0.2, -0.15) is 0 Å². The molecule has 3 rings (SSSR count). The first-order valence-electron chi connectivity index (χ1n) is 7.64. The molecule has 0 amide bonds. The average molecular weight is 339 g/mol. The maximum Gasteiger partial charge on any atom is 0.307 e. The minimum atomic E-state index is -3.67. The molecule has 2 fully saturated rings. The highest BCUT2D eigenvalue weighted by Crippen LogP contribution is 2.45. The van der Waals surface area contributed by atoms with Crippen molar-refractivity contribution in [3.8, 4) is 0 Å². The first kappa shape index (κ1) is 16.4. The maximum atomic E-state index is 12.8. The minimum Gasteiger partial charge on any atom is -0.481 e. The van der Waals surface area contributed by atoms with Gasteiger partial charge in [-0.15, -0.1) is 0 Å². The van der Waals surface area contributed by atoms with Crippen molar-refractivity contribution in [2.75, 3.05) is 13.2 Å². The fourth-order valence-electron chi connectivity index (χ4n) is 3.70. The molecule has 1 saturated heterocycles. The lowest BCUT2D eigenvalue weighted by molar-refractivity contribution is -0.136. The summed E-state index contributed by atoms with van der Waals surface area (Å²) in [5.41, 5.74) is 2.55. The zero-order valence-corrected chi connectivity index (χ0v) is 14.2. The number of carbonyl (C=O) groups is 1. The van der Waals surface area contributed by atoms with Crippen LogP contribution in [-0.2, 0) is 26.0 Å². The highest BCUT2D eigenvalue weighted by molar-refractivity contribution is 7.89. The van der Waals surface area contributed by atoms with E-state index in [1.165, 1.54) is 0 Å². The normalized spacial score (nSPS) is 26.1. The number of hydrogen-bond donors (Lipinski definition) is 2. The van der Waals surface area contributed by atoms with Crippen molar-refractivity contribution in [2.45, 2.75) is 38.1 Å². The van der Waals surface area contributed by atoms with E-state index in [9.17, 15) is 13.2 Å². The second-order valence-electron chi connectivity index (χ2n) is 6.53. The van der Waals surface area contributed by atoms with E-state index in [-0.39, 0.29) is 29.2 Å². The van der Waals surface area contributed by atoms with Crippen LogP contribution in [-0.4, -0.2) is 38.7 Å². The van der Waals surface area contributed by atoms with Gasteiger partial charge < -0.3 is 9.84 Å². The van der Waals surface area contributed by atoms with Crippen molar-refractivity contribution in [3.05, 3.63) is 28.3 Å². The van der Waals surface area contributed by atoms with Gasteiger partial charge in [0.2, 0.25) is 10.0 Å². The van der Waals surface area contributed by atoms with Gasteiger partial charge in [-0.25, -0.2) is 13.1 Å². The third-order valence-electron chi connectivity index (χ3n) is 4.90. The van der Waals surface area contributed by atoms with Gasteiger partial charge in [-0.3, -0.25) is 4.79 Å². The summed E-state index contributed by atoms with van der Waals surface area (Å²) >= 11 is 0. The molecule has 0 aromatic heterocycles. The predicted molar refractivity (Wildman–Crippen MR) is 83.9 cm³/mol. The van der Waals surface area contributed by atoms with Gasteiger partial charge in [0.15, 0.2) is 0 Å². The fraction of sp³-hybridized carbons (Fsp3) is 0.562. The second kappa shape index (κ2) is 5.58. The summed E-state index contributed by atoms with van der Waals surface area (Å²) in [5, 5.41) is 9.06. The predicted octanol–water partition coefficient (Wildman–Crippen LogP) is 1.16. The minimum absolute atomic E-state index is 0.0585. The zero-order valence-electron chi connectivity index (χ0n) is 13.4. The number of rotatable bonds is 5. The lowest BCUT2D eigenvalue weighted by Crippen LogP contribution is -2.31. The van der Waals surface area contributed by atoms with Crippen LogP contribution in [0.15, 0.2) is 11.0 Å². The summed E-state index contributed by atoms with van der Waals surface area (Å²) in [5.74, 6) is -0.422. The van der Waals surface area contributed by atoms with E-state index in [2.05, 4.69) is 4.72 Å². The summed E-state index contributed by atoms with van der Waals surface area (Å²) in [6.45, 7) is 6.45. The van der Waals surface area contributed by atoms with E-state index in [1.54, 1.807) is 19.9 Å². The summed E-state index contributed by atoms with van der Waals surface area (Å²) < 4.78 is 33.7. The van der Waals surface area contributed by atoms with E-state index < -0.39 is 16.0 Å². The van der Waals surface area contributed by atoms with Gasteiger partial charge in [-0.05, 0) is 43.0 Å². The van der Waals surface area contributed by atoms with Crippen molar-refractivity contribution in [1.82, 2.24) is 4.72 Å². The van der Waals surface area contributed by atoms with Crippen LogP contribution in [0.3, 0.4) is 0 Å². The molecular weight excluding hydrogens is 318 g/mol. The summed E-state index contributed by atoms with van der Waals surface area (Å²) in [6.07, 6.45) is -0.178. The van der Waals surface area contributed by atoms with Crippen LogP contribution < -0.4 is 4.72 Å². The lowest BCUT2D eigenvalue weighted by atomic mass is 9.97. The highest BCUT2D eigenvalue weighted by Gasteiger charge is 2.55. The molecule has 0 radical (unpaired) electrons. The van der Waals surface area contributed by atoms with Crippen LogP contribution in [0.25, 0.3) is 0 Å². The number of carboxylic acid groups (broad SMARTS) is 1. The second-order valence-corrected chi connectivity index (χ2v) is 8.18. The third kappa shape index (κ3) is 2.88. The molecule has 126 valence electrons. The van der Waals surface area contributed by atoms with Crippen molar-refractivity contribution in [3.63, 3.8) is 0 Å². The molecule has 0 spiro atoms. The summed E-state index contributed by atoms with van der Waals surface area (Å²) in [4.78, 5) is 11.3. The van der Waals surface area contributed by atoms with Gasteiger partial charge in [-0.1, -0.05) is 6.07 Å². The summed E-state index contributed by atoms with van der Waals surface area (Å²) in [7, 11) is -3.67. The van der Waals surface area contributed by atoms with Crippen LogP contribution in [0.4, 0.5) is 0 Å². The smallest absolute Gasteiger partial charge is 0.307 e. The first-order valence-corrected chi connectivity index (χ1v) is 9.12. The monoisotopic (exact) mass is 339 g/mol. The number of ether oxygens (including phenoxy) is 1. The molecule has 2 N–H and O–H groups in total. The number of fused-ring (bicyclic) bond motifs is 1. The number of sulfonamides is 1. The van der Waals surface area contributed by atoms with Gasteiger partial charge >= 0.3 is 5.97 Å². The van der Waals surface area contributed by atoms with Crippen LogP contribution in [0.2, 0.25) is 0 Å². The maximum absolute atomic E-state index is 12.8. The Hall–Kier alpha value is -1.44. The highest BCUT2D eigenvalue weighted by atomic mass is 32.2. The van der Waals surface area contributed by atoms with Crippen LogP contribution in [0.1, 0.15) is 22.3 Å².